The Balaban J connectivity index is 2.12. The summed E-state index contributed by atoms with van der Waals surface area (Å²) >= 11 is 0. The average molecular weight is 238 g/mol. The fourth-order valence-electron chi connectivity index (χ4n) is 1.78. The average Bonchev–Trinajstić information content (AvgIpc) is 2.82. The van der Waals surface area contributed by atoms with E-state index in [0.717, 1.165) is 11.2 Å². The van der Waals surface area contributed by atoms with Crippen molar-refractivity contribution in [2.24, 2.45) is 0 Å². The van der Waals surface area contributed by atoms with Crippen LogP contribution < -0.4 is 0 Å². The van der Waals surface area contributed by atoms with Gasteiger partial charge in [0.05, 0.1) is 5.69 Å². The molecule has 0 fully saturated rings. The van der Waals surface area contributed by atoms with Crippen molar-refractivity contribution in [3.63, 3.8) is 0 Å². The predicted octanol–water partition coefficient (Wildman–Crippen LogP) is 2.02. The maximum absolute atomic E-state index is 11.2. The normalized spacial score (nSPS) is 10.7. The first-order valence-electron chi connectivity index (χ1n) is 5.53. The number of nitrogens with zero attached hydrogens (tertiary/aromatic N) is 4. The van der Waals surface area contributed by atoms with Gasteiger partial charge in [0, 0.05) is 11.8 Å². The van der Waals surface area contributed by atoms with Gasteiger partial charge in [-0.1, -0.05) is 5.21 Å². The molecular weight excluding hydrogens is 228 g/mol. The van der Waals surface area contributed by atoms with E-state index in [-0.39, 0.29) is 5.78 Å². The van der Waals surface area contributed by atoms with Gasteiger partial charge in [-0.15, -0.1) is 5.10 Å². The Morgan fingerprint density at radius 1 is 1.17 bits per heavy atom. The molecule has 2 aromatic heterocycles. The van der Waals surface area contributed by atoms with Gasteiger partial charge in [-0.2, -0.15) is 4.68 Å². The van der Waals surface area contributed by atoms with Gasteiger partial charge in [0.2, 0.25) is 0 Å². The van der Waals surface area contributed by atoms with Gasteiger partial charge < -0.3 is 0 Å². The van der Waals surface area contributed by atoms with E-state index in [0.29, 0.717) is 11.2 Å². The number of rotatable bonds is 2. The van der Waals surface area contributed by atoms with Gasteiger partial charge in [-0.05, 0) is 43.3 Å². The van der Waals surface area contributed by atoms with E-state index in [1.165, 1.54) is 0 Å². The van der Waals surface area contributed by atoms with E-state index < -0.39 is 0 Å². The molecule has 3 rings (SSSR count). The summed E-state index contributed by atoms with van der Waals surface area (Å²) in [6, 6.07) is 10.9. The number of hydrogen-bond acceptors (Lipinski definition) is 4. The van der Waals surface area contributed by atoms with E-state index in [1.54, 1.807) is 29.9 Å². The van der Waals surface area contributed by atoms with Crippen LogP contribution in [0.25, 0.3) is 16.9 Å². The van der Waals surface area contributed by atoms with Gasteiger partial charge in [0.25, 0.3) is 0 Å². The van der Waals surface area contributed by atoms with Crippen molar-refractivity contribution < 1.29 is 4.79 Å². The second-order valence-corrected chi connectivity index (χ2v) is 3.95. The number of pyridine rings is 1. The Morgan fingerprint density at radius 3 is 2.67 bits per heavy atom. The van der Waals surface area contributed by atoms with Gasteiger partial charge in [0.1, 0.15) is 5.52 Å². The molecule has 2 heterocycles. The molecule has 88 valence electrons. The molecule has 3 aromatic rings. The lowest BCUT2D eigenvalue weighted by Crippen LogP contribution is -1.99. The Morgan fingerprint density at radius 2 is 1.94 bits per heavy atom. The maximum atomic E-state index is 11.2. The molecule has 0 aliphatic rings. The Kier molecular flexibility index (Phi) is 2.37. The van der Waals surface area contributed by atoms with Crippen LogP contribution in [-0.4, -0.2) is 25.8 Å². The van der Waals surface area contributed by atoms with Gasteiger partial charge >= 0.3 is 0 Å². The van der Waals surface area contributed by atoms with Crippen molar-refractivity contribution >= 4 is 16.9 Å². The highest BCUT2D eigenvalue weighted by atomic mass is 16.1. The largest absolute Gasteiger partial charge is 0.295 e. The van der Waals surface area contributed by atoms with Gasteiger partial charge in [-0.25, -0.2) is 4.98 Å². The highest BCUT2D eigenvalue weighted by Crippen LogP contribution is 2.14. The second kappa shape index (κ2) is 4.03. The molecule has 1 aromatic carbocycles. The lowest BCUT2D eigenvalue weighted by Gasteiger charge is -2.02. The topological polar surface area (TPSA) is 60.7 Å². The quantitative estimate of drug-likeness (QED) is 0.641. The van der Waals surface area contributed by atoms with Crippen molar-refractivity contribution in [3.8, 4) is 5.69 Å². The molecule has 5 nitrogen and oxygen atoms in total. The minimum atomic E-state index is 0.0446. The van der Waals surface area contributed by atoms with Crippen molar-refractivity contribution in [2.75, 3.05) is 0 Å². The number of hydrogen-bond donors (Lipinski definition) is 0. The summed E-state index contributed by atoms with van der Waals surface area (Å²) in [6.45, 7) is 1.54. The fraction of sp³-hybridized carbons (Fsp3) is 0.0769. The Labute approximate surface area is 103 Å². The van der Waals surface area contributed by atoms with Crippen LogP contribution in [0.4, 0.5) is 0 Å². The number of ketones is 1. The van der Waals surface area contributed by atoms with Gasteiger partial charge in [-0.3, -0.25) is 4.79 Å². The summed E-state index contributed by atoms with van der Waals surface area (Å²) in [5.74, 6) is 0.0446. The Bertz CT molecular complexity index is 715. The molecule has 0 amide bonds. The third-order valence-corrected chi connectivity index (χ3v) is 2.73. The SMILES string of the molecule is CC(=O)c1ccc(-n2nnc3cccnc32)cc1. The van der Waals surface area contributed by atoms with E-state index in [1.807, 2.05) is 24.3 Å². The summed E-state index contributed by atoms with van der Waals surface area (Å²) in [6.07, 6.45) is 1.70. The number of Topliss-reactive ketones (excluding diaryl/α,β-unsaturated/α-hetero) is 1. The predicted molar refractivity (Wildman–Crippen MR) is 66.7 cm³/mol. The summed E-state index contributed by atoms with van der Waals surface area (Å²) in [7, 11) is 0. The van der Waals surface area contributed by atoms with Crippen LogP contribution in [0.3, 0.4) is 0 Å². The summed E-state index contributed by atoms with van der Waals surface area (Å²) < 4.78 is 1.65. The van der Waals surface area contributed by atoms with E-state index >= 15 is 0 Å². The molecule has 0 saturated heterocycles. The number of fused-ring (bicyclic) bond motifs is 1. The second-order valence-electron chi connectivity index (χ2n) is 3.95. The molecule has 0 atom stereocenters. The molecule has 5 heteroatoms. The first-order valence-corrected chi connectivity index (χ1v) is 5.53. The molecule has 0 spiro atoms. The number of benzene rings is 1. The lowest BCUT2D eigenvalue weighted by atomic mass is 10.1. The first kappa shape index (κ1) is 10.6. The van der Waals surface area contributed by atoms with Crippen LogP contribution in [0.1, 0.15) is 17.3 Å². The van der Waals surface area contributed by atoms with Crippen LogP contribution in [0.2, 0.25) is 0 Å². The number of carbonyl (C=O) groups is 1. The molecule has 18 heavy (non-hydrogen) atoms. The maximum Gasteiger partial charge on any atom is 0.183 e. The third-order valence-electron chi connectivity index (χ3n) is 2.73. The fourth-order valence-corrected chi connectivity index (χ4v) is 1.78. The smallest absolute Gasteiger partial charge is 0.183 e. The zero-order valence-corrected chi connectivity index (χ0v) is 9.74. The summed E-state index contributed by atoms with van der Waals surface area (Å²) in [4.78, 5) is 15.5. The van der Waals surface area contributed by atoms with Crippen LogP contribution in [0.15, 0.2) is 42.6 Å². The highest BCUT2D eigenvalue weighted by molar-refractivity contribution is 5.94. The summed E-state index contributed by atoms with van der Waals surface area (Å²) in [5.41, 5.74) is 2.96. The zero-order valence-electron chi connectivity index (χ0n) is 9.74. The molecule has 0 N–H and O–H groups in total. The minimum Gasteiger partial charge on any atom is -0.295 e. The first-order chi connectivity index (χ1) is 8.75. The van der Waals surface area contributed by atoms with Crippen LogP contribution in [-0.2, 0) is 0 Å². The van der Waals surface area contributed by atoms with E-state index in [9.17, 15) is 4.79 Å². The van der Waals surface area contributed by atoms with Crippen molar-refractivity contribution in [1.82, 2.24) is 20.0 Å². The monoisotopic (exact) mass is 238 g/mol. The standard InChI is InChI=1S/C13H10N4O/c1-9(18)10-4-6-11(7-5-10)17-13-12(15-16-17)3-2-8-14-13/h2-8H,1H3. The molecule has 0 radical (unpaired) electrons. The van der Waals surface area contributed by atoms with Crippen LogP contribution >= 0.6 is 0 Å². The molecule has 0 bridgehead atoms. The van der Waals surface area contributed by atoms with Gasteiger partial charge in [0.15, 0.2) is 11.4 Å². The van der Waals surface area contributed by atoms with Crippen LogP contribution in [0, 0.1) is 0 Å². The third kappa shape index (κ3) is 1.66. The number of carbonyl (C=O) groups excluding carboxylic acids is 1. The Hall–Kier alpha value is -2.56. The highest BCUT2D eigenvalue weighted by Gasteiger charge is 2.07. The molecule has 0 saturated carbocycles. The van der Waals surface area contributed by atoms with E-state index in [4.69, 9.17) is 0 Å². The molecule has 0 aliphatic carbocycles. The number of aromatic nitrogens is 4. The van der Waals surface area contributed by atoms with E-state index in [2.05, 4.69) is 15.3 Å². The van der Waals surface area contributed by atoms with Crippen LogP contribution in [0.5, 0.6) is 0 Å². The molecule has 0 unspecified atom stereocenters. The van der Waals surface area contributed by atoms with Crippen molar-refractivity contribution in [3.05, 3.63) is 48.2 Å². The molecule has 0 aliphatic heterocycles. The zero-order chi connectivity index (χ0) is 12.5. The molecular formula is C13H10N4O. The van der Waals surface area contributed by atoms with Crippen molar-refractivity contribution in [2.45, 2.75) is 6.92 Å². The minimum absolute atomic E-state index is 0.0446. The lowest BCUT2D eigenvalue weighted by molar-refractivity contribution is 0.101. The summed E-state index contributed by atoms with van der Waals surface area (Å²) in [5, 5.41) is 8.10. The van der Waals surface area contributed by atoms with Crippen molar-refractivity contribution in [1.29, 1.82) is 0 Å².